The van der Waals surface area contributed by atoms with E-state index in [9.17, 15) is 9.90 Å². The third kappa shape index (κ3) is 4.73. The average molecular weight is 354 g/mol. The van der Waals surface area contributed by atoms with Gasteiger partial charge in [0, 0.05) is 19.6 Å². The van der Waals surface area contributed by atoms with Gasteiger partial charge in [-0.15, -0.1) is 12.4 Å². The molecule has 21 heavy (non-hydrogen) atoms. The van der Waals surface area contributed by atoms with Crippen molar-refractivity contribution >= 4 is 41.5 Å². The number of halogens is 3. The number of nitrogens with zero attached hydrogens (tertiary/aromatic N) is 1. The maximum Gasteiger partial charge on any atom is 0.240 e. The second-order valence-corrected chi connectivity index (χ2v) is 5.77. The molecule has 1 amide bonds. The molecule has 0 aliphatic carbocycles. The molecular formula is C14H19Cl3N2O2. The Hall–Kier alpha value is -0.520. The maximum atomic E-state index is 12.4. The first-order valence-corrected chi connectivity index (χ1v) is 7.41. The highest BCUT2D eigenvalue weighted by Crippen LogP contribution is 2.23. The topological polar surface area (TPSA) is 52.6 Å². The predicted octanol–water partition coefficient (Wildman–Crippen LogP) is 2.49. The molecular weight excluding hydrogens is 335 g/mol. The van der Waals surface area contributed by atoms with Gasteiger partial charge in [0.15, 0.2) is 0 Å². The first kappa shape index (κ1) is 18.5. The molecule has 2 rings (SSSR count). The smallest absolute Gasteiger partial charge is 0.240 e. The SMILES string of the molecule is CCN(Cc1ccc(Cl)c(Cl)c1)C(=O)C1CC(O)CN1.Cl. The lowest BCUT2D eigenvalue weighted by molar-refractivity contribution is -0.133. The fraction of sp³-hybridized carbons (Fsp3) is 0.500. The van der Waals surface area contributed by atoms with Gasteiger partial charge in [-0.2, -0.15) is 0 Å². The molecule has 118 valence electrons. The van der Waals surface area contributed by atoms with Crippen LogP contribution in [0, 0.1) is 0 Å². The Balaban J connectivity index is 0.00000220. The number of rotatable bonds is 4. The van der Waals surface area contributed by atoms with Gasteiger partial charge in [-0.05, 0) is 31.0 Å². The number of benzene rings is 1. The molecule has 1 heterocycles. The normalized spacial score (nSPS) is 21.0. The van der Waals surface area contributed by atoms with Crippen molar-refractivity contribution in [2.45, 2.75) is 32.0 Å². The minimum absolute atomic E-state index is 0. The van der Waals surface area contributed by atoms with Gasteiger partial charge in [0.2, 0.25) is 5.91 Å². The molecule has 1 aromatic rings. The van der Waals surface area contributed by atoms with Crippen LogP contribution in [0.2, 0.25) is 10.0 Å². The molecule has 0 saturated carbocycles. The lowest BCUT2D eigenvalue weighted by atomic mass is 10.1. The van der Waals surface area contributed by atoms with E-state index in [2.05, 4.69) is 5.32 Å². The molecule has 0 aromatic heterocycles. The van der Waals surface area contributed by atoms with E-state index < -0.39 is 6.10 Å². The zero-order valence-corrected chi connectivity index (χ0v) is 14.0. The summed E-state index contributed by atoms with van der Waals surface area (Å²) in [6.45, 7) is 3.50. The number of carbonyl (C=O) groups excluding carboxylic acids is 1. The van der Waals surface area contributed by atoms with Crippen LogP contribution in [0.4, 0.5) is 0 Å². The van der Waals surface area contributed by atoms with Gasteiger partial charge < -0.3 is 15.3 Å². The van der Waals surface area contributed by atoms with Gasteiger partial charge in [0.05, 0.1) is 22.2 Å². The van der Waals surface area contributed by atoms with Crippen molar-refractivity contribution in [2.75, 3.05) is 13.1 Å². The van der Waals surface area contributed by atoms with Crippen molar-refractivity contribution in [2.24, 2.45) is 0 Å². The number of aliphatic hydroxyl groups excluding tert-OH is 1. The van der Waals surface area contributed by atoms with Crippen molar-refractivity contribution < 1.29 is 9.90 Å². The Morgan fingerprint density at radius 3 is 2.67 bits per heavy atom. The molecule has 2 unspecified atom stereocenters. The van der Waals surface area contributed by atoms with Crippen LogP contribution in [0.3, 0.4) is 0 Å². The highest BCUT2D eigenvalue weighted by atomic mass is 35.5. The van der Waals surface area contributed by atoms with Crippen LogP contribution >= 0.6 is 35.6 Å². The highest BCUT2D eigenvalue weighted by Gasteiger charge is 2.30. The van der Waals surface area contributed by atoms with Crippen molar-refractivity contribution in [1.29, 1.82) is 0 Å². The van der Waals surface area contributed by atoms with E-state index in [1.54, 1.807) is 17.0 Å². The molecule has 2 atom stereocenters. The number of carbonyl (C=O) groups is 1. The number of aliphatic hydroxyl groups is 1. The zero-order valence-electron chi connectivity index (χ0n) is 11.7. The molecule has 7 heteroatoms. The molecule has 1 aliphatic heterocycles. The zero-order chi connectivity index (χ0) is 14.7. The van der Waals surface area contributed by atoms with Crippen LogP contribution in [0.25, 0.3) is 0 Å². The van der Waals surface area contributed by atoms with E-state index in [4.69, 9.17) is 23.2 Å². The Morgan fingerprint density at radius 1 is 1.43 bits per heavy atom. The molecule has 4 nitrogen and oxygen atoms in total. The standard InChI is InChI=1S/C14H18Cl2N2O2.ClH/c1-2-18(14(20)13-6-10(19)7-17-13)8-9-3-4-11(15)12(16)5-9;/h3-5,10,13,17,19H,2,6-8H2,1H3;1H. The van der Waals surface area contributed by atoms with Crippen molar-refractivity contribution in [1.82, 2.24) is 10.2 Å². The van der Waals surface area contributed by atoms with E-state index in [0.29, 0.717) is 36.1 Å². The fourth-order valence-electron chi connectivity index (χ4n) is 2.33. The van der Waals surface area contributed by atoms with E-state index in [1.165, 1.54) is 0 Å². The van der Waals surface area contributed by atoms with E-state index >= 15 is 0 Å². The lowest BCUT2D eigenvalue weighted by Crippen LogP contribution is -2.43. The Kier molecular flexibility index (Phi) is 7.24. The van der Waals surface area contributed by atoms with Crippen LogP contribution in [-0.4, -0.2) is 41.1 Å². The summed E-state index contributed by atoms with van der Waals surface area (Å²) in [5, 5.41) is 13.5. The summed E-state index contributed by atoms with van der Waals surface area (Å²) >= 11 is 11.9. The second kappa shape index (κ2) is 8.20. The third-order valence-electron chi connectivity index (χ3n) is 3.46. The molecule has 1 saturated heterocycles. The summed E-state index contributed by atoms with van der Waals surface area (Å²) in [4.78, 5) is 14.1. The number of nitrogens with one attached hydrogen (secondary N) is 1. The van der Waals surface area contributed by atoms with Gasteiger partial charge in [-0.3, -0.25) is 4.79 Å². The van der Waals surface area contributed by atoms with Gasteiger partial charge in [0.1, 0.15) is 0 Å². The van der Waals surface area contributed by atoms with Crippen molar-refractivity contribution in [3.05, 3.63) is 33.8 Å². The third-order valence-corrected chi connectivity index (χ3v) is 4.20. The number of amides is 1. The van der Waals surface area contributed by atoms with Crippen LogP contribution in [0.1, 0.15) is 18.9 Å². The Labute approximate surface area is 140 Å². The van der Waals surface area contributed by atoms with E-state index in [-0.39, 0.29) is 24.4 Å². The summed E-state index contributed by atoms with van der Waals surface area (Å²) in [5.74, 6) is 0.00937. The van der Waals surface area contributed by atoms with Crippen LogP contribution in [-0.2, 0) is 11.3 Å². The van der Waals surface area contributed by atoms with Crippen molar-refractivity contribution in [3.63, 3.8) is 0 Å². The number of β-amino-alcohol motifs (C(OH)–C–C–N with tert-alkyl or cyclic N) is 1. The minimum Gasteiger partial charge on any atom is -0.392 e. The molecule has 0 spiro atoms. The minimum atomic E-state index is -0.437. The average Bonchev–Trinajstić information content (AvgIpc) is 2.86. The summed E-state index contributed by atoms with van der Waals surface area (Å²) in [5.41, 5.74) is 0.938. The molecule has 0 bridgehead atoms. The van der Waals surface area contributed by atoms with E-state index in [1.807, 2.05) is 13.0 Å². The number of hydrogen-bond acceptors (Lipinski definition) is 3. The first-order chi connectivity index (χ1) is 9.51. The monoisotopic (exact) mass is 352 g/mol. The first-order valence-electron chi connectivity index (χ1n) is 6.65. The largest absolute Gasteiger partial charge is 0.392 e. The quantitative estimate of drug-likeness (QED) is 0.874. The summed E-state index contributed by atoms with van der Waals surface area (Å²) in [6, 6.07) is 5.07. The predicted molar refractivity (Wildman–Crippen MR) is 87.2 cm³/mol. The van der Waals surface area contributed by atoms with Crippen LogP contribution in [0.15, 0.2) is 18.2 Å². The second-order valence-electron chi connectivity index (χ2n) is 4.95. The summed E-state index contributed by atoms with van der Waals surface area (Å²) in [7, 11) is 0. The molecule has 1 fully saturated rings. The van der Waals surface area contributed by atoms with Gasteiger partial charge >= 0.3 is 0 Å². The molecule has 1 aliphatic rings. The summed E-state index contributed by atoms with van der Waals surface area (Å²) < 4.78 is 0. The van der Waals surface area contributed by atoms with Crippen molar-refractivity contribution in [3.8, 4) is 0 Å². The van der Waals surface area contributed by atoms with Gasteiger partial charge in [-0.25, -0.2) is 0 Å². The summed E-state index contributed by atoms with van der Waals surface area (Å²) in [6.07, 6.45) is 0.0316. The molecule has 0 radical (unpaired) electrons. The molecule has 1 aromatic carbocycles. The highest BCUT2D eigenvalue weighted by molar-refractivity contribution is 6.42. The van der Waals surface area contributed by atoms with Crippen LogP contribution < -0.4 is 5.32 Å². The number of hydrogen-bond donors (Lipinski definition) is 2. The Bertz CT molecular complexity index is 499. The fourth-order valence-corrected chi connectivity index (χ4v) is 2.65. The molecule has 2 N–H and O–H groups in total. The number of likely N-dealkylation sites (N-methyl/N-ethyl adjacent to an activating group) is 1. The lowest BCUT2D eigenvalue weighted by Gasteiger charge is -2.24. The van der Waals surface area contributed by atoms with E-state index in [0.717, 1.165) is 5.56 Å². The van der Waals surface area contributed by atoms with Crippen LogP contribution in [0.5, 0.6) is 0 Å². The van der Waals surface area contributed by atoms with Gasteiger partial charge in [-0.1, -0.05) is 29.3 Å². The maximum absolute atomic E-state index is 12.4. The Morgan fingerprint density at radius 2 is 2.14 bits per heavy atom. The van der Waals surface area contributed by atoms with Gasteiger partial charge in [0.25, 0.3) is 0 Å².